The van der Waals surface area contributed by atoms with E-state index in [0.29, 0.717) is 13.0 Å². The Labute approximate surface area is 226 Å². The molecule has 0 spiro atoms. The fourth-order valence-corrected chi connectivity index (χ4v) is 6.05. The van der Waals surface area contributed by atoms with Crippen LogP contribution in [0.15, 0.2) is 54.6 Å². The van der Waals surface area contributed by atoms with E-state index >= 15 is 0 Å². The SMILES string of the molecule is COc1cccc(CN(Cc2ccccc2)C2CCN(C(=O)C3CC3)[C@@H](C(=O)NC3CCC(N)CC3)C2)c1. The van der Waals surface area contributed by atoms with Gasteiger partial charge in [-0.05, 0) is 74.6 Å². The second-order valence-electron chi connectivity index (χ2n) is 11.4. The number of hydrogen-bond acceptors (Lipinski definition) is 5. The molecule has 7 heteroatoms. The summed E-state index contributed by atoms with van der Waals surface area (Å²) in [6, 6.07) is 18.8. The van der Waals surface area contributed by atoms with E-state index in [-0.39, 0.29) is 35.9 Å². The molecule has 1 heterocycles. The van der Waals surface area contributed by atoms with Gasteiger partial charge in [0.25, 0.3) is 0 Å². The number of nitrogens with zero attached hydrogens (tertiary/aromatic N) is 2. The second-order valence-corrected chi connectivity index (χ2v) is 11.4. The Balaban J connectivity index is 1.35. The highest BCUT2D eigenvalue weighted by Gasteiger charge is 2.43. The van der Waals surface area contributed by atoms with E-state index < -0.39 is 6.04 Å². The zero-order valence-electron chi connectivity index (χ0n) is 22.6. The van der Waals surface area contributed by atoms with Crippen molar-refractivity contribution in [3.63, 3.8) is 0 Å². The largest absolute Gasteiger partial charge is 0.497 e. The van der Waals surface area contributed by atoms with Gasteiger partial charge in [-0.25, -0.2) is 0 Å². The number of nitrogens with two attached hydrogens (primary N) is 1. The van der Waals surface area contributed by atoms with Crippen LogP contribution in [-0.2, 0) is 22.7 Å². The van der Waals surface area contributed by atoms with Crippen LogP contribution in [0.25, 0.3) is 0 Å². The summed E-state index contributed by atoms with van der Waals surface area (Å²) in [7, 11) is 1.69. The Morgan fingerprint density at radius 1 is 0.947 bits per heavy atom. The minimum atomic E-state index is -0.430. The summed E-state index contributed by atoms with van der Waals surface area (Å²) < 4.78 is 5.47. The lowest BCUT2D eigenvalue weighted by atomic mass is 9.90. The molecular weight excluding hydrogens is 476 g/mol. The van der Waals surface area contributed by atoms with Crippen molar-refractivity contribution in [2.75, 3.05) is 13.7 Å². The van der Waals surface area contributed by atoms with E-state index in [1.165, 1.54) is 11.1 Å². The Morgan fingerprint density at radius 3 is 2.37 bits per heavy atom. The highest BCUT2D eigenvalue weighted by molar-refractivity contribution is 5.89. The number of rotatable bonds is 9. The number of carbonyl (C=O) groups is 2. The summed E-state index contributed by atoms with van der Waals surface area (Å²) in [5, 5.41) is 3.30. The number of amides is 2. The highest BCUT2D eigenvalue weighted by Crippen LogP contribution is 2.35. The summed E-state index contributed by atoms with van der Waals surface area (Å²) in [4.78, 5) is 31.3. The van der Waals surface area contributed by atoms with E-state index in [9.17, 15) is 9.59 Å². The van der Waals surface area contributed by atoms with Gasteiger partial charge in [0.1, 0.15) is 11.8 Å². The van der Waals surface area contributed by atoms with Crippen LogP contribution in [0.3, 0.4) is 0 Å². The van der Waals surface area contributed by atoms with Crippen LogP contribution in [-0.4, -0.2) is 59.4 Å². The van der Waals surface area contributed by atoms with Gasteiger partial charge >= 0.3 is 0 Å². The number of benzene rings is 2. The predicted octanol–water partition coefficient (Wildman–Crippen LogP) is 3.85. The summed E-state index contributed by atoms with van der Waals surface area (Å²) in [6.45, 7) is 2.16. The maximum absolute atomic E-state index is 13.7. The van der Waals surface area contributed by atoms with Crippen molar-refractivity contribution in [1.82, 2.24) is 15.1 Å². The Kier molecular flexibility index (Phi) is 8.65. The van der Waals surface area contributed by atoms with Gasteiger partial charge in [-0.2, -0.15) is 0 Å². The third-order valence-electron chi connectivity index (χ3n) is 8.47. The molecule has 1 aliphatic heterocycles. The van der Waals surface area contributed by atoms with Crippen molar-refractivity contribution in [3.8, 4) is 5.75 Å². The molecule has 3 fully saturated rings. The zero-order valence-corrected chi connectivity index (χ0v) is 22.6. The lowest BCUT2D eigenvalue weighted by Gasteiger charge is -2.43. The molecule has 2 aromatic carbocycles. The standard InChI is InChI=1S/C31H42N4O3/c1-38-28-9-5-8-23(18-28)21-34(20-22-6-3-2-4-7-22)27-16-17-35(31(37)24-10-11-24)29(19-27)30(36)33-26-14-12-25(32)13-15-26/h2-9,18,24-27,29H,10-17,19-21,32H2,1H3,(H,33,36)/t25?,26?,27?,29-/m1/s1. The fraction of sp³-hybridized carbons (Fsp3) is 0.548. The van der Waals surface area contributed by atoms with Crippen LogP contribution in [0, 0.1) is 5.92 Å². The van der Waals surface area contributed by atoms with Crippen molar-refractivity contribution < 1.29 is 14.3 Å². The van der Waals surface area contributed by atoms with Gasteiger partial charge in [-0.3, -0.25) is 14.5 Å². The smallest absolute Gasteiger partial charge is 0.243 e. The molecule has 5 rings (SSSR count). The topological polar surface area (TPSA) is 87.9 Å². The third-order valence-corrected chi connectivity index (χ3v) is 8.47. The normalized spacial score (nSPS) is 25.7. The molecule has 1 unspecified atom stereocenters. The first-order valence-electron chi connectivity index (χ1n) is 14.3. The summed E-state index contributed by atoms with van der Waals surface area (Å²) in [6.07, 6.45) is 7.10. The molecule has 1 saturated heterocycles. The van der Waals surface area contributed by atoms with E-state index in [1.807, 2.05) is 23.1 Å². The average Bonchev–Trinajstić information content (AvgIpc) is 3.80. The first-order chi connectivity index (χ1) is 18.5. The Hall–Kier alpha value is -2.90. The number of hydrogen-bond donors (Lipinski definition) is 2. The second kappa shape index (κ2) is 12.3. The number of nitrogens with one attached hydrogen (secondary N) is 1. The molecule has 3 N–H and O–H groups in total. The van der Waals surface area contributed by atoms with Gasteiger partial charge in [0.05, 0.1) is 7.11 Å². The Morgan fingerprint density at radius 2 is 1.66 bits per heavy atom. The predicted molar refractivity (Wildman–Crippen MR) is 148 cm³/mol. The van der Waals surface area contributed by atoms with Crippen LogP contribution in [0.4, 0.5) is 0 Å². The molecule has 0 aromatic heterocycles. The van der Waals surface area contributed by atoms with E-state index in [0.717, 1.165) is 63.8 Å². The zero-order chi connectivity index (χ0) is 26.5. The lowest BCUT2D eigenvalue weighted by molar-refractivity contribution is -0.145. The number of carbonyl (C=O) groups excluding carboxylic acids is 2. The van der Waals surface area contributed by atoms with Crippen LogP contribution >= 0.6 is 0 Å². The lowest BCUT2D eigenvalue weighted by Crippen LogP contribution is -2.58. The van der Waals surface area contributed by atoms with Crippen molar-refractivity contribution >= 4 is 11.8 Å². The van der Waals surface area contributed by atoms with Crippen LogP contribution in [0.5, 0.6) is 5.75 Å². The summed E-state index contributed by atoms with van der Waals surface area (Å²) >= 11 is 0. The average molecular weight is 519 g/mol. The molecule has 3 aliphatic rings. The minimum Gasteiger partial charge on any atom is -0.497 e. The van der Waals surface area contributed by atoms with Crippen LogP contribution in [0.1, 0.15) is 62.5 Å². The fourth-order valence-electron chi connectivity index (χ4n) is 6.05. The molecule has 0 bridgehead atoms. The first kappa shape index (κ1) is 26.7. The molecular formula is C31H42N4O3. The molecule has 0 radical (unpaired) electrons. The Bertz CT molecular complexity index is 1080. The van der Waals surface area contributed by atoms with E-state index in [4.69, 9.17) is 10.5 Å². The molecule has 204 valence electrons. The number of piperidine rings is 1. The highest BCUT2D eigenvalue weighted by atomic mass is 16.5. The molecule has 2 aliphatic carbocycles. The summed E-state index contributed by atoms with van der Waals surface area (Å²) in [5.41, 5.74) is 8.51. The maximum Gasteiger partial charge on any atom is 0.243 e. The third kappa shape index (κ3) is 6.75. The van der Waals surface area contributed by atoms with Gasteiger partial charge in [0.15, 0.2) is 0 Å². The molecule has 7 nitrogen and oxygen atoms in total. The van der Waals surface area contributed by atoms with Gasteiger partial charge in [-0.15, -0.1) is 0 Å². The van der Waals surface area contributed by atoms with Crippen LogP contribution < -0.4 is 15.8 Å². The van der Waals surface area contributed by atoms with Crippen molar-refractivity contribution in [3.05, 3.63) is 65.7 Å². The quantitative estimate of drug-likeness (QED) is 0.527. The monoisotopic (exact) mass is 518 g/mol. The number of methoxy groups -OCH3 is 1. The summed E-state index contributed by atoms with van der Waals surface area (Å²) in [5.74, 6) is 1.12. The van der Waals surface area contributed by atoms with E-state index in [1.54, 1.807) is 7.11 Å². The minimum absolute atomic E-state index is 0.00483. The van der Waals surface area contributed by atoms with Crippen molar-refractivity contribution in [1.29, 1.82) is 0 Å². The van der Waals surface area contributed by atoms with E-state index in [2.05, 4.69) is 46.6 Å². The van der Waals surface area contributed by atoms with Gasteiger partial charge < -0.3 is 20.7 Å². The number of ether oxygens (including phenoxy) is 1. The molecule has 2 atom stereocenters. The van der Waals surface area contributed by atoms with Gasteiger partial charge in [0.2, 0.25) is 11.8 Å². The van der Waals surface area contributed by atoms with Gasteiger partial charge in [0, 0.05) is 43.7 Å². The van der Waals surface area contributed by atoms with Crippen molar-refractivity contribution in [2.24, 2.45) is 11.7 Å². The molecule has 38 heavy (non-hydrogen) atoms. The van der Waals surface area contributed by atoms with Crippen LogP contribution in [0.2, 0.25) is 0 Å². The first-order valence-corrected chi connectivity index (χ1v) is 14.3. The van der Waals surface area contributed by atoms with Crippen molar-refractivity contribution in [2.45, 2.75) is 88.6 Å². The number of likely N-dealkylation sites (tertiary alicyclic amines) is 1. The molecule has 2 aromatic rings. The maximum atomic E-state index is 13.7. The molecule has 2 amide bonds. The molecule has 2 saturated carbocycles. The van der Waals surface area contributed by atoms with Gasteiger partial charge in [-0.1, -0.05) is 42.5 Å².